The van der Waals surface area contributed by atoms with E-state index in [1.54, 1.807) is 6.07 Å². The van der Waals surface area contributed by atoms with Crippen molar-refractivity contribution in [1.29, 1.82) is 0 Å². The van der Waals surface area contributed by atoms with Crippen LogP contribution in [0.3, 0.4) is 0 Å². The summed E-state index contributed by atoms with van der Waals surface area (Å²) in [6.45, 7) is 0.0844. The van der Waals surface area contributed by atoms with Gasteiger partial charge in [0, 0.05) is 22.1 Å². The van der Waals surface area contributed by atoms with Gasteiger partial charge in [-0.3, -0.25) is 4.79 Å². The molecule has 8 nitrogen and oxygen atoms in total. The maximum absolute atomic E-state index is 12.9. The fraction of sp³-hybridized carbons (Fsp3) is 0.158. The molecule has 0 fully saturated rings. The molecule has 2 aliphatic heterocycles. The molecule has 0 saturated heterocycles. The number of oxime groups is 1. The van der Waals surface area contributed by atoms with E-state index in [4.69, 9.17) is 9.94 Å². The molecule has 2 aromatic heterocycles. The van der Waals surface area contributed by atoms with Gasteiger partial charge in [0.2, 0.25) is 0 Å². The van der Waals surface area contributed by atoms with Gasteiger partial charge in [0.05, 0.1) is 35.2 Å². The lowest BCUT2D eigenvalue weighted by Crippen LogP contribution is -2.32. The van der Waals surface area contributed by atoms with E-state index in [-0.39, 0.29) is 29.8 Å². The molecule has 0 saturated carbocycles. The largest absolute Gasteiger partial charge is 0.458 e. The third kappa shape index (κ3) is 2.07. The Morgan fingerprint density at radius 2 is 2.07 bits per heavy atom. The number of cyclic esters (lactones) is 1. The average molecular weight is 363 g/mol. The van der Waals surface area contributed by atoms with Crippen LogP contribution in [0.4, 0.5) is 0 Å². The minimum Gasteiger partial charge on any atom is -0.458 e. The quantitative estimate of drug-likeness (QED) is 0.228. The molecule has 5 rings (SSSR count). The van der Waals surface area contributed by atoms with Crippen LogP contribution in [0, 0.1) is 0 Å². The van der Waals surface area contributed by atoms with Crippen molar-refractivity contribution in [3.05, 3.63) is 62.9 Å². The number of para-hydroxylation sites is 1. The number of hydrogen-bond donors (Lipinski definition) is 2. The second-order valence-electron chi connectivity index (χ2n) is 6.48. The van der Waals surface area contributed by atoms with Crippen LogP contribution in [0.15, 0.2) is 40.3 Å². The topological polar surface area (TPSA) is 114 Å². The Morgan fingerprint density at radius 3 is 2.89 bits per heavy atom. The molecule has 0 amide bonds. The Balaban J connectivity index is 1.84. The van der Waals surface area contributed by atoms with E-state index in [0.29, 0.717) is 22.5 Å². The van der Waals surface area contributed by atoms with E-state index in [2.05, 4.69) is 10.1 Å². The lowest BCUT2D eigenvalue weighted by Gasteiger charge is -2.21. The first-order chi connectivity index (χ1) is 13.1. The zero-order chi connectivity index (χ0) is 18.7. The molecule has 2 N–H and O–H groups in total. The number of fused-ring (bicyclic) bond motifs is 5. The van der Waals surface area contributed by atoms with Gasteiger partial charge in [-0.15, -0.1) is 0 Å². The van der Waals surface area contributed by atoms with Gasteiger partial charge in [0.15, 0.2) is 6.10 Å². The number of aliphatic hydroxyl groups excluding tert-OH is 1. The highest BCUT2D eigenvalue weighted by Crippen LogP contribution is 2.37. The third-order valence-electron chi connectivity index (χ3n) is 5.09. The third-order valence-corrected chi connectivity index (χ3v) is 5.09. The second kappa shape index (κ2) is 5.49. The van der Waals surface area contributed by atoms with Crippen molar-refractivity contribution < 1.29 is 19.8 Å². The SMILES string of the molecule is O=C1OCc2c(cc3n(c2=O)Cc2c-3nc3ccccc3c2/C=N/O)[C@@H]1O. The summed E-state index contributed by atoms with van der Waals surface area (Å²) in [5.41, 5.74) is 3.37. The average Bonchev–Trinajstić information content (AvgIpc) is 3.04. The molecule has 27 heavy (non-hydrogen) atoms. The summed E-state index contributed by atoms with van der Waals surface area (Å²) in [6.07, 6.45) is -0.156. The zero-order valence-corrected chi connectivity index (χ0v) is 13.9. The summed E-state index contributed by atoms with van der Waals surface area (Å²) in [6, 6.07) is 9.02. The predicted octanol–water partition coefficient (Wildman–Crippen LogP) is 1.32. The minimum absolute atomic E-state index is 0.166. The number of benzene rings is 1. The molecule has 1 atom stereocenters. The molecular formula is C19H13N3O5. The van der Waals surface area contributed by atoms with E-state index < -0.39 is 12.1 Å². The second-order valence-corrected chi connectivity index (χ2v) is 6.48. The number of ether oxygens (including phenoxy) is 1. The number of carbonyl (C=O) groups excluding carboxylic acids is 1. The van der Waals surface area contributed by atoms with Crippen molar-refractivity contribution in [2.24, 2.45) is 5.16 Å². The predicted molar refractivity (Wildman–Crippen MR) is 94.7 cm³/mol. The standard InChI is InChI=1S/C19H13N3O5/c23-17-10-5-15-16-12(7-22(15)18(24)13(10)8-27-19(17)25)11(6-20-26)9-3-1-2-4-14(9)21-16/h1-6,17,23,26H,7-8H2/b20-6+/t17-/m0/s1. The first kappa shape index (κ1) is 15.7. The van der Waals surface area contributed by atoms with Gasteiger partial charge in [0.25, 0.3) is 5.56 Å². The molecule has 0 unspecified atom stereocenters. The van der Waals surface area contributed by atoms with E-state index >= 15 is 0 Å². The number of pyridine rings is 2. The Morgan fingerprint density at radius 1 is 1.26 bits per heavy atom. The van der Waals surface area contributed by atoms with E-state index in [1.165, 1.54) is 10.8 Å². The number of rotatable bonds is 1. The molecule has 0 bridgehead atoms. The van der Waals surface area contributed by atoms with Gasteiger partial charge < -0.3 is 19.6 Å². The summed E-state index contributed by atoms with van der Waals surface area (Å²) in [5, 5.41) is 23.2. The highest BCUT2D eigenvalue weighted by molar-refractivity contribution is 6.02. The van der Waals surface area contributed by atoms with Crippen LogP contribution < -0.4 is 5.56 Å². The van der Waals surface area contributed by atoms with Crippen LogP contribution in [0.1, 0.15) is 28.4 Å². The van der Waals surface area contributed by atoms with Crippen LogP contribution in [-0.4, -0.2) is 32.0 Å². The monoisotopic (exact) mass is 363 g/mol. The molecule has 0 aliphatic carbocycles. The van der Waals surface area contributed by atoms with E-state index in [1.807, 2.05) is 24.3 Å². The van der Waals surface area contributed by atoms with Crippen LogP contribution in [0.5, 0.6) is 0 Å². The summed E-state index contributed by atoms with van der Waals surface area (Å²) >= 11 is 0. The number of nitrogens with zero attached hydrogens (tertiary/aromatic N) is 3. The molecule has 2 aliphatic rings. The van der Waals surface area contributed by atoms with Crippen molar-refractivity contribution in [1.82, 2.24) is 9.55 Å². The first-order valence-electron chi connectivity index (χ1n) is 8.31. The minimum atomic E-state index is -1.49. The molecule has 4 heterocycles. The first-order valence-corrected chi connectivity index (χ1v) is 8.31. The Bertz CT molecular complexity index is 1230. The van der Waals surface area contributed by atoms with Gasteiger partial charge in [-0.1, -0.05) is 23.4 Å². The molecule has 1 aromatic carbocycles. The van der Waals surface area contributed by atoms with Crippen molar-refractivity contribution in [3.8, 4) is 11.4 Å². The smallest absolute Gasteiger partial charge is 0.340 e. The van der Waals surface area contributed by atoms with Crippen molar-refractivity contribution in [3.63, 3.8) is 0 Å². The number of aromatic nitrogens is 2. The molecule has 3 aromatic rings. The summed E-state index contributed by atoms with van der Waals surface area (Å²) in [7, 11) is 0. The number of esters is 1. The number of carbonyl (C=O) groups is 1. The van der Waals surface area contributed by atoms with Gasteiger partial charge in [-0.25, -0.2) is 9.78 Å². The van der Waals surface area contributed by atoms with Crippen molar-refractivity contribution in [2.45, 2.75) is 19.3 Å². The van der Waals surface area contributed by atoms with Crippen molar-refractivity contribution in [2.75, 3.05) is 0 Å². The Labute approximate surface area is 152 Å². The van der Waals surface area contributed by atoms with Crippen LogP contribution in [0.2, 0.25) is 0 Å². The molecule has 0 spiro atoms. The van der Waals surface area contributed by atoms with Crippen LogP contribution >= 0.6 is 0 Å². The number of hydrogen-bond acceptors (Lipinski definition) is 7. The molecular weight excluding hydrogens is 350 g/mol. The molecule has 134 valence electrons. The molecule has 0 radical (unpaired) electrons. The Kier molecular flexibility index (Phi) is 3.19. The van der Waals surface area contributed by atoms with Crippen LogP contribution in [0.25, 0.3) is 22.3 Å². The summed E-state index contributed by atoms with van der Waals surface area (Å²) < 4.78 is 6.43. The van der Waals surface area contributed by atoms with E-state index in [0.717, 1.165) is 10.9 Å². The Hall–Kier alpha value is -3.52. The lowest BCUT2D eigenvalue weighted by atomic mass is 9.99. The maximum atomic E-state index is 12.9. The maximum Gasteiger partial charge on any atom is 0.340 e. The summed E-state index contributed by atoms with van der Waals surface area (Å²) in [4.78, 5) is 29.3. The van der Waals surface area contributed by atoms with Crippen LogP contribution in [-0.2, 0) is 22.7 Å². The van der Waals surface area contributed by atoms with Gasteiger partial charge >= 0.3 is 5.97 Å². The normalized spacial score (nSPS) is 17.7. The fourth-order valence-corrected chi connectivity index (χ4v) is 3.81. The van der Waals surface area contributed by atoms with Gasteiger partial charge in [-0.05, 0) is 12.1 Å². The van der Waals surface area contributed by atoms with Gasteiger partial charge in [0.1, 0.15) is 6.61 Å². The highest BCUT2D eigenvalue weighted by Gasteiger charge is 2.34. The lowest BCUT2D eigenvalue weighted by molar-refractivity contribution is -0.157. The molecule has 8 heteroatoms. The zero-order valence-electron chi connectivity index (χ0n) is 13.9. The van der Waals surface area contributed by atoms with E-state index in [9.17, 15) is 14.7 Å². The highest BCUT2D eigenvalue weighted by atomic mass is 16.5. The fourth-order valence-electron chi connectivity index (χ4n) is 3.81. The number of aliphatic hydroxyl groups is 1. The summed E-state index contributed by atoms with van der Waals surface area (Å²) in [5.74, 6) is -0.773. The van der Waals surface area contributed by atoms with Crippen molar-refractivity contribution >= 4 is 23.1 Å². The van der Waals surface area contributed by atoms with Gasteiger partial charge in [-0.2, -0.15) is 0 Å².